The molecule has 2 aliphatic rings. The van der Waals surface area contributed by atoms with Gasteiger partial charge >= 0.3 is 12.0 Å². The van der Waals surface area contributed by atoms with E-state index >= 15 is 0 Å². The Kier molecular flexibility index (Phi) is 5.05. The number of urea groups is 1. The van der Waals surface area contributed by atoms with Gasteiger partial charge < -0.3 is 25.2 Å². The van der Waals surface area contributed by atoms with Crippen LogP contribution in [0.3, 0.4) is 0 Å². The third kappa shape index (κ3) is 3.65. The first-order chi connectivity index (χ1) is 9.96. The van der Waals surface area contributed by atoms with Crippen molar-refractivity contribution in [3.05, 3.63) is 0 Å². The van der Waals surface area contributed by atoms with Crippen LogP contribution in [-0.4, -0.2) is 65.6 Å². The lowest BCUT2D eigenvalue weighted by Crippen LogP contribution is -2.58. The normalized spacial score (nSPS) is 30.4. The van der Waals surface area contributed by atoms with Gasteiger partial charge in [0, 0.05) is 26.1 Å². The summed E-state index contributed by atoms with van der Waals surface area (Å²) in [5.41, 5.74) is -0.645. The number of ether oxygens (including phenoxy) is 1. The van der Waals surface area contributed by atoms with Crippen molar-refractivity contribution >= 4 is 12.0 Å². The molecule has 1 heterocycles. The maximum absolute atomic E-state index is 12.2. The Balaban J connectivity index is 1.93. The second-order valence-corrected chi connectivity index (χ2v) is 6.04. The van der Waals surface area contributed by atoms with E-state index in [4.69, 9.17) is 9.84 Å². The van der Waals surface area contributed by atoms with E-state index in [-0.39, 0.29) is 12.5 Å². The third-order valence-electron chi connectivity index (χ3n) is 4.64. The van der Waals surface area contributed by atoms with Gasteiger partial charge in [0.2, 0.25) is 0 Å². The molecule has 3 unspecified atom stereocenters. The first-order valence-corrected chi connectivity index (χ1v) is 7.46. The minimum atomic E-state index is -1.11. The molecule has 7 nitrogen and oxygen atoms in total. The lowest BCUT2D eigenvalue weighted by molar-refractivity contribution is -0.140. The van der Waals surface area contributed by atoms with Gasteiger partial charge in [-0.1, -0.05) is 12.8 Å². The highest BCUT2D eigenvalue weighted by Crippen LogP contribution is 2.39. The zero-order valence-electron chi connectivity index (χ0n) is 12.4. The first-order valence-electron chi connectivity index (χ1n) is 7.46. The first kappa shape index (κ1) is 16.0. The number of carboxylic acid groups (broad SMARTS) is 1. The number of aliphatic carboxylic acids is 1. The van der Waals surface area contributed by atoms with Gasteiger partial charge in [-0.2, -0.15) is 0 Å². The summed E-state index contributed by atoms with van der Waals surface area (Å²) in [7, 11) is 1.39. The highest BCUT2D eigenvalue weighted by atomic mass is 16.5. The summed E-state index contributed by atoms with van der Waals surface area (Å²) in [5, 5.41) is 22.1. The quantitative estimate of drug-likeness (QED) is 0.699. The highest BCUT2D eigenvalue weighted by molar-refractivity contribution is 5.82. The molecule has 21 heavy (non-hydrogen) atoms. The van der Waals surface area contributed by atoms with E-state index in [0.717, 1.165) is 25.7 Å². The van der Waals surface area contributed by atoms with Crippen molar-refractivity contribution in [2.45, 2.75) is 43.7 Å². The molecule has 0 aromatic rings. The van der Waals surface area contributed by atoms with Crippen LogP contribution >= 0.6 is 0 Å². The lowest BCUT2D eigenvalue weighted by Gasteiger charge is -2.47. The summed E-state index contributed by atoms with van der Waals surface area (Å²) in [6.07, 6.45) is 4.39. The molecular formula is C14H24N2O5. The minimum Gasteiger partial charge on any atom is -0.480 e. The van der Waals surface area contributed by atoms with Crippen LogP contribution in [0.4, 0.5) is 4.79 Å². The van der Waals surface area contributed by atoms with E-state index in [0.29, 0.717) is 19.5 Å². The molecule has 2 fully saturated rings. The number of hydrogen-bond donors (Lipinski definition) is 3. The number of rotatable bonds is 4. The number of amides is 2. The van der Waals surface area contributed by atoms with E-state index < -0.39 is 23.6 Å². The number of methoxy groups -OCH3 is 1. The van der Waals surface area contributed by atoms with Gasteiger partial charge in [-0.15, -0.1) is 0 Å². The maximum atomic E-state index is 12.2. The summed E-state index contributed by atoms with van der Waals surface area (Å²) in [6, 6.07) is -1.44. The summed E-state index contributed by atoms with van der Waals surface area (Å²) in [6.45, 7) is 0.877. The van der Waals surface area contributed by atoms with Gasteiger partial charge in [-0.05, 0) is 19.3 Å². The fraction of sp³-hybridized carbons (Fsp3) is 0.857. The number of fused-ring (bicyclic) bond motifs is 1. The molecule has 3 atom stereocenters. The van der Waals surface area contributed by atoms with Gasteiger partial charge in [-0.25, -0.2) is 9.59 Å². The van der Waals surface area contributed by atoms with Crippen molar-refractivity contribution in [1.29, 1.82) is 0 Å². The SMILES string of the molecule is COCC(NC(=O)N1CCC2(O)CCCCC2C1)C(=O)O. The maximum Gasteiger partial charge on any atom is 0.328 e. The van der Waals surface area contributed by atoms with Crippen molar-refractivity contribution in [3.8, 4) is 0 Å². The Labute approximate surface area is 124 Å². The Bertz CT molecular complexity index is 403. The van der Waals surface area contributed by atoms with Gasteiger partial charge in [0.1, 0.15) is 0 Å². The second kappa shape index (κ2) is 6.62. The number of hydrogen-bond acceptors (Lipinski definition) is 4. The number of carbonyl (C=O) groups excluding carboxylic acids is 1. The molecule has 3 N–H and O–H groups in total. The molecule has 0 bridgehead atoms. The Morgan fingerprint density at radius 3 is 2.86 bits per heavy atom. The van der Waals surface area contributed by atoms with Crippen LogP contribution in [0.25, 0.3) is 0 Å². The van der Waals surface area contributed by atoms with E-state index in [1.807, 2.05) is 0 Å². The number of piperidine rings is 1. The summed E-state index contributed by atoms with van der Waals surface area (Å²) in [4.78, 5) is 24.8. The molecule has 0 aromatic heterocycles. The fourth-order valence-electron chi connectivity index (χ4n) is 3.34. The molecule has 0 radical (unpaired) electrons. The average Bonchev–Trinajstić information content (AvgIpc) is 2.45. The molecule has 120 valence electrons. The topological polar surface area (TPSA) is 99.1 Å². The molecule has 1 saturated carbocycles. The standard InChI is InChI=1S/C14H24N2O5/c1-21-9-11(12(17)18)15-13(19)16-7-6-14(20)5-3-2-4-10(14)8-16/h10-11,20H,2-9H2,1H3,(H,15,19)(H,17,18). The molecular weight excluding hydrogens is 276 g/mol. The van der Waals surface area contributed by atoms with Crippen molar-refractivity contribution in [2.24, 2.45) is 5.92 Å². The molecule has 0 spiro atoms. The number of carbonyl (C=O) groups is 2. The largest absolute Gasteiger partial charge is 0.480 e. The average molecular weight is 300 g/mol. The van der Waals surface area contributed by atoms with Crippen LogP contribution in [0, 0.1) is 5.92 Å². The van der Waals surface area contributed by atoms with Crippen LogP contribution in [0.15, 0.2) is 0 Å². The van der Waals surface area contributed by atoms with E-state index in [1.54, 1.807) is 4.90 Å². The Morgan fingerprint density at radius 1 is 1.43 bits per heavy atom. The van der Waals surface area contributed by atoms with Crippen LogP contribution < -0.4 is 5.32 Å². The molecule has 2 amide bonds. The summed E-state index contributed by atoms with van der Waals surface area (Å²) in [5.74, 6) is -1.02. The van der Waals surface area contributed by atoms with Crippen molar-refractivity contribution in [2.75, 3.05) is 26.8 Å². The summed E-state index contributed by atoms with van der Waals surface area (Å²) >= 11 is 0. The van der Waals surface area contributed by atoms with E-state index in [9.17, 15) is 14.7 Å². The minimum absolute atomic E-state index is 0.0672. The zero-order valence-corrected chi connectivity index (χ0v) is 12.4. The van der Waals surface area contributed by atoms with Crippen molar-refractivity contribution < 1.29 is 24.5 Å². The number of aliphatic hydroxyl groups is 1. The molecule has 0 aromatic carbocycles. The molecule has 7 heteroatoms. The Hall–Kier alpha value is -1.34. The molecule has 2 rings (SSSR count). The molecule has 1 aliphatic carbocycles. The van der Waals surface area contributed by atoms with Gasteiger partial charge in [0.25, 0.3) is 0 Å². The fourth-order valence-corrected chi connectivity index (χ4v) is 3.34. The van der Waals surface area contributed by atoms with Crippen LogP contribution in [0.2, 0.25) is 0 Å². The third-order valence-corrected chi connectivity index (χ3v) is 4.64. The zero-order chi connectivity index (χ0) is 15.5. The van der Waals surface area contributed by atoms with Crippen LogP contribution in [-0.2, 0) is 9.53 Å². The smallest absolute Gasteiger partial charge is 0.328 e. The van der Waals surface area contributed by atoms with Crippen molar-refractivity contribution in [1.82, 2.24) is 10.2 Å². The predicted octanol–water partition coefficient (Wildman–Crippen LogP) is 0.423. The number of nitrogens with zero attached hydrogens (tertiary/aromatic N) is 1. The highest BCUT2D eigenvalue weighted by Gasteiger charge is 2.44. The van der Waals surface area contributed by atoms with Crippen LogP contribution in [0.5, 0.6) is 0 Å². The van der Waals surface area contributed by atoms with E-state index in [1.165, 1.54) is 7.11 Å². The Morgan fingerprint density at radius 2 is 2.19 bits per heavy atom. The lowest BCUT2D eigenvalue weighted by atomic mass is 9.71. The number of nitrogens with one attached hydrogen (secondary N) is 1. The van der Waals surface area contributed by atoms with Gasteiger partial charge in [0.05, 0.1) is 12.2 Å². The van der Waals surface area contributed by atoms with Gasteiger partial charge in [0.15, 0.2) is 6.04 Å². The second-order valence-electron chi connectivity index (χ2n) is 6.04. The van der Waals surface area contributed by atoms with Crippen LogP contribution in [0.1, 0.15) is 32.1 Å². The molecule has 1 saturated heterocycles. The number of likely N-dealkylation sites (tertiary alicyclic amines) is 1. The van der Waals surface area contributed by atoms with Gasteiger partial charge in [-0.3, -0.25) is 0 Å². The predicted molar refractivity (Wildman–Crippen MR) is 74.9 cm³/mol. The van der Waals surface area contributed by atoms with Crippen molar-refractivity contribution in [3.63, 3.8) is 0 Å². The number of carboxylic acids is 1. The molecule has 1 aliphatic heterocycles. The summed E-state index contributed by atoms with van der Waals surface area (Å²) < 4.78 is 4.80. The van der Waals surface area contributed by atoms with E-state index in [2.05, 4.69) is 5.32 Å². The monoisotopic (exact) mass is 300 g/mol.